The van der Waals surface area contributed by atoms with Crippen LogP contribution < -0.4 is 16.4 Å². The molecule has 4 N–H and O–H groups in total. The summed E-state index contributed by atoms with van der Waals surface area (Å²) < 4.78 is 22.3. The van der Waals surface area contributed by atoms with Crippen molar-refractivity contribution in [3.63, 3.8) is 0 Å². The smallest absolute Gasteiger partial charge is 0.273 e. The summed E-state index contributed by atoms with van der Waals surface area (Å²) in [5.41, 5.74) is 9.90. The Morgan fingerprint density at radius 3 is 1.53 bits per heavy atom. The first-order valence-corrected chi connectivity index (χ1v) is 13.9. The molecule has 0 saturated heterocycles. The maximum absolute atomic E-state index is 13.0. The van der Waals surface area contributed by atoms with Crippen LogP contribution in [0.25, 0.3) is 46.3 Å². The Labute approximate surface area is 255 Å². The Bertz CT molecular complexity index is 1920. The minimum absolute atomic E-state index is 0.0718. The van der Waals surface area contributed by atoms with Gasteiger partial charge < -0.3 is 34.0 Å². The van der Waals surface area contributed by atoms with Crippen molar-refractivity contribution in [3.05, 3.63) is 89.5 Å². The van der Waals surface area contributed by atoms with E-state index in [0.717, 1.165) is 16.7 Å². The van der Waals surface area contributed by atoms with E-state index in [1.165, 1.54) is 25.1 Å². The summed E-state index contributed by atoms with van der Waals surface area (Å²) in [5.74, 6) is -0.288. The molecule has 0 spiro atoms. The number of benzene rings is 1. The lowest BCUT2D eigenvalue weighted by molar-refractivity contribution is 0.0938. The number of pyridine rings is 1. The summed E-state index contributed by atoms with van der Waals surface area (Å²) in [6.45, 7) is 4.25. The minimum atomic E-state index is -0.475. The number of amides is 2. The molecular weight excluding hydrogens is 580 g/mol. The molecule has 7 rings (SSSR count). The zero-order valence-corrected chi connectivity index (χ0v) is 24.2. The quantitative estimate of drug-likeness (QED) is 0.254. The van der Waals surface area contributed by atoms with E-state index in [-0.39, 0.29) is 59.4 Å². The van der Waals surface area contributed by atoms with Crippen molar-refractivity contribution >= 4 is 11.8 Å². The molecule has 0 atom stereocenters. The average Bonchev–Trinajstić information content (AvgIpc) is 3.83. The van der Waals surface area contributed by atoms with E-state index in [4.69, 9.17) is 23.4 Å². The zero-order chi connectivity index (χ0) is 31.1. The molecule has 0 fully saturated rings. The van der Waals surface area contributed by atoms with Crippen LogP contribution in [-0.4, -0.2) is 42.3 Å². The number of rotatable bonds is 2. The average molecular weight is 607 g/mol. The summed E-state index contributed by atoms with van der Waals surface area (Å²) in [6.07, 6.45) is 5.81. The standard InChI is InChI=1S/C31H26N8O6/c1-31(2,32)9-16-6-17-8-18(7-16)11-34-26(41)22-13-43-30(37-22)24-15-45-28(39-24)20-5-3-4-19(35-20)27-38-23(14-44-27)29-36-21(12-42-29)25(40)33-10-17/h3-8,12-15H,9-11,32H2,1-2H3,(H,33,40)(H,34,41). The van der Waals surface area contributed by atoms with Gasteiger partial charge in [0.1, 0.15) is 36.4 Å². The van der Waals surface area contributed by atoms with Crippen LogP contribution in [0.2, 0.25) is 0 Å². The molecule has 0 radical (unpaired) electrons. The van der Waals surface area contributed by atoms with Crippen LogP contribution in [0.4, 0.5) is 0 Å². The Balaban J connectivity index is 1.25. The fraction of sp³-hybridized carbons (Fsp3) is 0.194. The first kappa shape index (κ1) is 27.9. The molecule has 14 heteroatoms. The van der Waals surface area contributed by atoms with Gasteiger partial charge in [0.25, 0.3) is 11.8 Å². The molecule has 0 unspecified atom stereocenters. The summed E-state index contributed by atoms with van der Waals surface area (Å²) in [4.78, 5) is 48.0. The predicted octanol–water partition coefficient (Wildman–Crippen LogP) is 4.15. The van der Waals surface area contributed by atoms with Crippen LogP contribution in [0.5, 0.6) is 0 Å². The lowest BCUT2D eigenvalue weighted by Crippen LogP contribution is -2.34. The van der Waals surface area contributed by atoms with Gasteiger partial charge in [0.15, 0.2) is 22.8 Å². The van der Waals surface area contributed by atoms with Gasteiger partial charge in [-0.15, -0.1) is 0 Å². The van der Waals surface area contributed by atoms with Crippen molar-refractivity contribution in [2.24, 2.45) is 5.73 Å². The van der Waals surface area contributed by atoms with Crippen molar-refractivity contribution in [2.75, 3.05) is 0 Å². The van der Waals surface area contributed by atoms with E-state index in [9.17, 15) is 9.59 Å². The third-order valence-corrected chi connectivity index (χ3v) is 6.79. The van der Waals surface area contributed by atoms with Crippen molar-refractivity contribution in [3.8, 4) is 46.3 Å². The van der Waals surface area contributed by atoms with Crippen LogP contribution in [0.15, 0.2) is 79.1 Å². The minimum Gasteiger partial charge on any atom is -0.442 e. The molecule has 6 aromatic rings. The summed E-state index contributed by atoms with van der Waals surface area (Å²) in [5, 5.41) is 5.74. The number of aromatic nitrogens is 5. The largest absolute Gasteiger partial charge is 0.442 e. The highest BCUT2D eigenvalue weighted by molar-refractivity contribution is 5.93. The summed E-state index contributed by atoms with van der Waals surface area (Å²) >= 11 is 0. The van der Waals surface area contributed by atoms with Crippen molar-refractivity contribution < 1.29 is 27.3 Å². The van der Waals surface area contributed by atoms with Crippen molar-refractivity contribution in [2.45, 2.75) is 38.9 Å². The number of hydrogen-bond donors (Lipinski definition) is 3. The zero-order valence-electron chi connectivity index (χ0n) is 24.2. The van der Waals surface area contributed by atoms with Gasteiger partial charge in [0.05, 0.1) is 0 Å². The lowest BCUT2D eigenvalue weighted by Gasteiger charge is -2.20. The molecule has 5 aromatic heterocycles. The topological polar surface area (TPSA) is 201 Å². The maximum Gasteiger partial charge on any atom is 0.273 e. The number of nitrogens with one attached hydrogen (secondary N) is 2. The molecule has 226 valence electrons. The van der Waals surface area contributed by atoms with Crippen LogP contribution >= 0.6 is 0 Å². The van der Waals surface area contributed by atoms with Crippen LogP contribution in [-0.2, 0) is 19.5 Å². The molecular formula is C31H26N8O6. The normalized spacial score (nSPS) is 13.6. The van der Waals surface area contributed by atoms with Gasteiger partial charge in [0, 0.05) is 18.6 Å². The Morgan fingerprint density at radius 1 is 0.644 bits per heavy atom. The van der Waals surface area contributed by atoms with Crippen LogP contribution in [0.1, 0.15) is 51.5 Å². The second kappa shape index (κ2) is 11.0. The molecule has 1 aliphatic rings. The van der Waals surface area contributed by atoms with E-state index >= 15 is 0 Å². The third-order valence-electron chi connectivity index (χ3n) is 6.79. The number of carbonyl (C=O) groups is 2. The Morgan fingerprint density at radius 2 is 1.07 bits per heavy atom. The monoisotopic (exact) mass is 606 g/mol. The first-order chi connectivity index (χ1) is 21.7. The second-order valence-electron chi connectivity index (χ2n) is 11.2. The molecule has 14 nitrogen and oxygen atoms in total. The fourth-order valence-corrected chi connectivity index (χ4v) is 4.86. The van der Waals surface area contributed by atoms with Gasteiger partial charge >= 0.3 is 0 Å². The number of nitrogens with zero attached hydrogens (tertiary/aromatic N) is 5. The maximum atomic E-state index is 13.0. The highest BCUT2D eigenvalue weighted by Crippen LogP contribution is 2.27. The highest BCUT2D eigenvalue weighted by atomic mass is 16.4. The van der Waals surface area contributed by atoms with Crippen molar-refractivity contribution in [1.29, 1.82) is 0 Å². The number of carbonyl (C=O) groups excluding carboxylic acids is 2. The number of hydrogen-bond acceptors (Lipinski definition) is 12. The SMILES string of the molecule is CC(C)(N)Cc1cc2cc(c1)CNC(=O)c1coc(n1)-c1coc(n1)-c1cccc(n1)-c1nc(co1)-c1nc(co1)C(=O)NC2. The van der Waals surface area contributed by atoms with Crippen LogP contribution in [0, 0.1) is 0 Å². The molecule has 1 aromatic carbocycles. The molecule has 1 aliphatic heterocycles. The molecule has 2 amide bonds. The molecule has 45 heavy (non-hydrogen) atoms. The molecule has 0 saturated carbocycles. The number of oxazole rings is 4. The van der Waals surface area contributed by atoms with E-state index in [1.54, 1.807) is 18.2 Å². The molecule has 6 heterocycles. The summed E-state index contributed by atoms with van der Waals surface area (Å²) in [6, 6.07) is 11.0. The van der Waals surface area contributed by atoms with Gasteiger partial charge in [-0.1, -0.05) is 24.3 Å². The van der Waals surface area contributed by atoms with E-state index in [2.05, 4.69) is 35.6 Å². The van der Waals surface area contributed by atoms with Gasteiger partial charge in [-0.2, -0.15) is 0 Å². The van der Waals surface area contributed by atoms with Gasteiger partial charge in [-0.3, -0.25) is 9.59 Å². The predicted molar refractivity (Wildman–Crippen MR) is 157 cm³/mol. The Kier molecular flexibility index (Phi) is 6.82. The van der Waals surface area contributed by atoms with Crippen LogP contribution in [0.3, 0.4) is 0 Å². The van der Waals surface area contributed by atoms with Gasteiger partial charge in [-0.25, -0.2) is 24.9 Å². The van der Waals surface area contributed by atoms with Crippen molar-refractivity contribution in [1.82, 2.24) is 35.6 Å². The number of fused-ring (bicyclic) bond motifs is 16. The second-order valence-corrected chi connectivity index (χ2v) is 11.2. The molecule has 12 bridgehead atoms. The summed E-state index contributed by atoms with van der Waals surface area (Å²) in [7, 11) is 0. The van der Waals surface area contributed by atoms with Gasteiger partial charge in [0.2, 0.25) is 23.6 Å². The van der Waals surface area contributed by atoms with E-state index < -0.39 is 17.4 Å². The van der Waals surface area contributed by atoms with E-state index in [0.29, 0.717) is 17.8 Å². The Hall–Kier alpha value is -5.89. The fourth-order valence-electron chi connectivity index (χ4n) is 4.86. The number of nitrogens with two attached hydrogens (primary N) is 1. The lowest BCUT2D eigenvalue weighted by atomic mass is 9.93. The van der Waals surface area contributed by atoms with Gasteiger partial charge in [-0.05, 0) is 49.1 Å². The first-order valence-electron chi connectivity index (χ1n) is 13.9. The highest BCUT2D eigenvalue weighted by Gasteiger charge is 2.21. The third kappa shape index (κ3) is 5.99. The molecule has 0 aliphatic carbocycles. The van der Waals surface area contributed by atoms with E-state index in [1.807, 2.05) is 32.0 Å².